The number of para-hydroxylation sites is 1. The normalized spacial score (nSPS) is 16.4. The molecule has 0 unspecified atom stereocenters. The fourth-order valence-corrected chi connectivity index (χ4v) is 2.94. The molecule has 5 nitrogen and oxygen atoms in total. The molecule has 1 aromatic carbocycles. The largest absolute Gasteiger partial charge is 0.489 e. The number of aromatic carboxylic acids is 1. The van der Waals surface area contributed by atoms with Gasteiger partial charge in [0.2, 0.25) is 0 Å². The van der Waals surface area contributed by atoms with Gasteiger partial charge in [-0.05, 0) is 31.0 Å². The van der Waals surface area contributed by atoms with Crippen molar-refractivity contribution in [2.24, 2.45) is 0 Å². The quantitative estimate of drug-likeness (QED) is 0.903. The van der Waals surface area contributed by atoms with Gasteiger partial charge in [0, 0.05) is 13.1 Å². The summed E-state index contributed by atoms with van der Waals surface area (Å²) < 4.78 is 11.3. The van der Waals surface area contributed by atoms with Crippen molar-refractivity contribution < 1.29 is 19.1 Å². The number of carboxylic acid groups (broad SMARTS) is 1. The van der Waals surface area contributed by atoms with Crippen LogP contribution < -0.4 is 4.74 Å². The van der Waals surface area contributed by atoms with E-state index >= 15 is 0 Å². The molecule has 1 aromatic heterocycles. The van der Waals surface area contributed by atoms with Crippen LogP contribution in [0.1, 0.15) is 29.0 Å². The Hall–Kier alpha value is -1.98. The molecule has 1 aliphatic rings. The van der Waals surface area contributed by atoms with E-state index in [1.165, 1.54) is 12.3 Å². The molecule has 1 saturated heterocycles. The van der Waals surface area contributed by atoms with Crippen molar-refractivity contribution in [3.8, 4) is 5.75 Å². The first-order valence-electron chi connectivity index (χ1n) is 7.56. The van der Waals surface area contributed by atoms with Crippen molar-refractivity contribution >= 4 is 17.6 Å². The Morgan fingerprint density at radius 1 is 1.30 bits per heavy atom. The van der Waals surface area contributed by atoms with E-state index in [9.17, 15) is 4.79 Å². The van der Waals surface area contributed by atoms with Crippen LogP contribution in [0.15, 0.2) is 41.0 Å². The summed E-state index contributed by atoms with van der Waals surface area (Å²) >= 11 is 6.11. The first-order chi connectivity index (χ1) is 11.1. The summed E-state index contributed by atoms with van der Waals surface area (Å²) in [5.41, 5.74) is 0.236. The van der Waals surface area contributed by atoms with Gasteiger partial charge in [-0.25, -0.2) is 4.79 Å². The van der Waals surface area contributed by atoms with Crippen LogP contribution in [-0.2, 0) is 6.54 Å². The second kappa shape index (κ2) is 7.06. The van der Waals surface area contributed by atoms with Gasteiger partial charge < -0.3 is 14.3 Å². The maximum Gasteiger partial charge on any atom is 0.339 e. The summed E-state index contributed by atoms with van der Waals surface area (Å²) in [6.45, 7) is 2.16. The Morgan fingerprint density at radius 2 is 2.04 bits per heavy atom. The van der Waals surface area contributed by atoms with Crippen LogP contribution in [0.3, 0.4) is 0 Å². The first-order valence-corrected chi connectivity index (χ1v) is 7.94. The molecule has 0 radical (unpaired) electrons. The highest BCUT2D eigenvalue weighted by atomic mass is 35.5. The van der Waals surface area contributed by atoms with Gasteiger partial charge in [0.1, 0.15) is 23.2 Å². The van der Waals surface area contributed by atoms with Gasteiger partial charge in [-0.1, -0.05) is 23.7 Å². The molecule has 122 valence electrons. The minimum atomic E-state index is -0.953. The molecule has 2 aromatic rings. The van der Waals surface area contributed by atoms with Crippen LogP contribution in [0, 0.1) is 0 Å². The topological polar surface area (TPSA) is 62.9 Å². The second-order valence-corrected chi connectivity index (χ2v) is 5.99. The number of hydrogen-bond acceptors (Lipinski definition) is 4. The lowest BCUT2D eigenvalue weighted by Crippen LogP contribution is -2.38. The Bertz CT molecular complexity index is 677. The smallest absolute Gasteiger partial charge is 0.339 e. The lowest BCUT2D eigenvalue weighted by atomic mass is 10.1. The van der Waals surface area contributed by atoms with Crippen LogP contribution in [0.4, 0.5) is 0 Å². The lowest BCUT2D eigenvalue weighted by Gasteiger charge is -2.31. The number of hydrogen-bond donors (Lipinski definition) is 1. The molecular formula is C17H18ClNO4. The highest BCUT2D eigenvalue weighted by Gasteiger charge is 2.23. The zero-order chi connectivity index (χ0) is 16.2. The standard InChI is InChI=1S/C17H18ClNO4/c18-14-3-1-2-4-15(14)23-12-5-8-19(9-6-12)11-16-13(17(20)21)7-10-22-16/h1-4,7,10,12H,5-6,8-9,11H2,(H,20,21). The highest BCUT2D eigenvalue weighted by molar-refractivity contribution is 6.32. The zero-order valence-electron chi connectivity index (χ0n) is 12.6. The minimum absolute atomic E-state index is 0.127. The van der Waals surface area contributed by atoms with Gasteiger partial charge in [0.25, 0.3) is 0 Å². The van der Waals surface area contributed by atoms with Gasteiger partial charge >= 0.3 is 5.97 Å². The Balaban J connectivity index is 1.53. The van der Waals surface area contributed by atoms with Gasteiger partial charge in [0.05, 0.1) is 17.8 Å². The van der Waals surface area contributed by atoms with E-state index in [4.69, 9.17) is 25.9 Å². The van der Waals surface area contributed by atoms with E-state index in [1.54, 1.807) is 0 Å². The monoisotopic (exact) mass is 335 g/mol. The molecule has 23 heavy (non-hydrogen) atoms. The van der Waals surface area contributed by atoms with Crippen LogP contribution in [0.2, 0.25) is 5.02 Å². The molecule has 0 bridgehead atoms. The van der Waals surface area contributed by atoms with Crippen molar-refractivity contribution in [2.75, 3.05) is 13.1 Å². The number of furan rings is 1. The number of halogens is 1. The van der Waals surface area contributed by atoms with Crippen molar-refractivity contribution in [2.45, 2.75) is 25.5 Å². The molecule has 6 heteroatoms. The number of piperidine rings is 1. The number of nitrogens with zero attached hydrogens (tertiary/aromatic N) is 1. The number of ether oxygens (including phenoxy) is 1. The van der Waals surface area contributed by atoms with E-state index in [-0.39, 0.29) is 11.7 Å². The Kier molecular flexibility index (Phi) is 4.88. The SMILES string of the molecule is O=C(O)c1ccoc1CN1CCC(Oc2ccccc2Cl)CC1. The van der Waals surface area contributed by atoms with Crippen LogP contribution in [0.25, 0.3) is 0 Å². The lowest BCUT2D eigenvalue weighted by molar-refractivity contribution is 0.0686. The average molecular weight is 336 g/mol. The highest BCUT2D eigenvalue weighted by Crippen LogP contribution is 2.27. The average Bonchev–Trinajstić information content (AvgIpc) is 3.00. The molecule has 1 N–H and O–H groups in total. The van der Waals surface area contributed by atoms with Crippen LogP contribution in [-0.4, -0.2) is 35.2 Å². The van der Waals surface area contributed by atoms with Gasteiger partial charge in [-0.15, -0.1) is 0 Å². The van der Waals surface area contributed by atoms with E-state index in [0.717, 1.165) is 25.9 Å². The summed E-state index contributed by atoms with van der Waals surface area (Å²) in [6, 6.07) is 8.96. The third-order valence-corrected chi connectivity index (χ3v) is 4.32. The van der Waals surface area contributed by atoms with Gasteiger partial charge in [-0.2, -0.15) is 0 Å². The third kappa shape index (κ3) is 3.86. The third-order valence-electron chi connectivity index (χ3n) is 4.01. The number of rotatable bonds is 5. The van der Waals surface area contributed by atoms with Crippen molar-refractivity contribution in [1.29, 1.82) is 0 Å². The van der Waals surface area contributed by atoms with Gasteiger partial charge in [-0.3, -0.25) is 4.90 Å². The molecule has 3 rings (SSSR count). The van der Waals surface area contributed by atoms with E-state index in [2.05, 4.69) is 4.90 Å². The summed E-state index contributed by atoms with van der Waals surface area (Å²) in [5.74, 6) is 0.264. The van der Waals surface area contributed by atoms with Crippen molar-refractivity contribution in [3.05, 3.63) is 52.9 Å². The fraction of sp³-hybridized carbons (Fsp3) is 0.353. The predicted octanol–water partition coefficient (Wildman–Crippen LogP) is 3.67. The van der Waals surface area contributed by atoms with Crippen LogP contribution >= 0.6 is 11.6 Å². The molecule has 0 aliphatic carbocycles. The molecule has 0 atom stereocenters. The number of carbonyl (C=O) groups is 1. The maximum atomic E-state index is 11.1. The zero-order valence-corrected chi connectivity index (χ0v) is 13.3. The predicted molar refractivity (Wildman–Crippen MR) is 86.0 cm³/mol. The summed E-state index contributed by atoms with van der Waals surface area (Å²) in [6.07, 6.45) is 3.29. The number of carboxylic acids is 1. The van der Waals surface area contributed by atoms with Crippen molar-refractivity contribution in [1.82, 2.24) is 4.90 Å². The summed E-state index contributed by atoms with van der Waals surface area (Å²) in [5, 5.41) is 9.73. The van der Waals surface area contributed by atoms with E-state index in [0.29, 0.717) is 23.1 Å². The Morgan fingerprint density at radius 3 is 2.74 bits per heavy atom. The van der Waals surface area contributed by atoms with Gasteiger partial charge in [0.15, 0.2) is 0 Å². The fourth-order valence-electron chi connectivity index (χ4n) is 2.76. The molecular weight excluding hydrogens is 318 g/mol. The van der Waals surface area contributed by atoms with Crippen molar-refractivity contribution in [3.63, 3.8) is 0 Å². The molecule has 0 amide bonds. The molecule has 0 spiro atoms. The molecule has 2 heterocycles. The maximum absolute atomic E-state index is 11.1. The number of benzene rings is 1. The molecule has 1 fully saturated rings. The molecule has 1 aliphatic heterocycles. The van der Waals surface area contributed by atoms with Crippen LogP contribution in [0.5, 0.6) is 5.75 Å². The summed E-state index contributed by atoms with van der Waals surface area (Å²) in [7, 11) is 0. The Labute approximate surface area is 139 Å². The minimum Gasteiger partial charge on any atom is -0.489 e. The summed E-state index contributed by atoms with van der Waals surface area (Å²) in [4.78, 5) is 13.3. The number of likely N-dealkylation sites (tertiary alicyclic amines) is 1. The van der Waals surface area contributed by atoms with E-state index in [1.807, 2.05) is 24.3 Å². The second-order valence-electron chi connectivity index (χ2n) is 5.59. The van der Waals surface area contributed by atoms with E-state index < -0.39 is 5.97 Å². The first kappa shape index (κ1) is 15.9. The molecule has 0 saturated carbocycles.